The van der Waals surface area contributed by atoms with E-state index in [2.05, 4.69) is 23.5 Å². The summed E-state index contributed by atoms with van der Waals surface area (Å²) in [5, 5.41) is 5.43. The Bertz CT molecular complexity index is 673. The molecule has 2 aliphatic carbocycles. The summed E-state index contributed by atoms with van der Waals surface area (Å²) in [5.41, 5.74) is 0.946. The third kappa shape index (κ3) is 2.44. The van der Waals surface area contributed by atoms with Crippen LogP contribution in [0.1, 0.15) is 32.1 Å². The Morgan fingerprint density at radius 3 is 2.71 bits per heavy atom. The first-order chi connectivity index (χ1) is 10.3. The van der Waals surface area contributed by atoms with Crippen LogP contribution in [0.5, 0.6) is 0 Å². The van der Waals surface area contributed by atoms with Crippen molar-refractivity contribution >= 4 is 22.4 Å². The number of fused-ring (bicyclic) bond motifs is 3. The van der Waals surface area contributed by atoms with Crippen molar-refractivity contribution in [2.24, 2.45) is 17.8 Å². The Hall–Kier alpha value is -1.83. The number of hydrogen-bond acceptors (Lipinski definition) is 1. The maximum Gasteiger partial charge on any atom is 0.224 e. The number of carbonyl (C=O) groups excluding carboxylic acids is 1. The lowest BCUT2D eigenvalue weighted by Gasteiger charge is -2.21. The van der Waals surface area contributed by atoms with Crippen LogP contribution in [0.15, 0.2) is 42.5 Å². The van der Waals surface area contributed by atoms with Gasteiger partial charge in [0, 0.05) is 17.5 Å². The lowest BCUT2D eigenvalue weighted by Crippen LogP contribution is -2.20. The number of anilines is 1. The standard InChI is InChI=1S/C19H21NO/c21-19(12-16-11-13-8-9-15(16)10-13)20-18-7-3-5-14-4-1-2-6-17(14)18/h1-7,13,15-16H,8-12H2,(H,20,21)/t13-,15+,16-/m0/s1. The minimum absolute atomic E-state index is 0.184. The quantitative estimate of drug-likeness (QED) is 0.873. The zero-order valence-electron chi connectivity index (χ0n) is 12.2. The number of hydrogen-bond donors (Lipinski definition) is 1. The highest BCUT2D eigenvalue weighted by molar-refractivity contribution is 6.02. The number of carbonyl (C=O) groups is 1. The molecule has 108 valence electrons. The molecule has 0 unspecified atom stereocenters. The first-order valence-electron chi connectivity index (χ1n) is 8.07. The molecule has 0 aliphatic heterocycles. The molecule has 0 spiro atoms. The van der Waals surface area contributed by atoms with Gasteiger partial charge in [-0.15, -0.1) is 0 Å². The van der Waals surface area contributed by atoms with Gasteiger partial charge in [-0.05, 0) is 48.5 Å². The van der Waals surface area contributed by atoms with Gasteiger partial charge in [0.2, 0.25) is 5.91 Å². The normalized spacial score (nSPS) is 27.1. The van der Waals surface area contributed by atoms with Crippen LogP contribution >= 0.6 is 0 Å². The molecule has 1 N–H and O–H groups in total. The Labute approximate surface area is 125 Å². The molecule has 1 amide bonds. The monoisotopic (exact) mass is 279 g/mol. The highest BCUT2D eigenvalue weighted by atomic mass is 16.1. The minimum atomic E-state index is 0.184. The molecule has 0 saturated heterocycles. The third-order valence-electron chi connectivity index (χ3n) is 5.40. The van der Waals surface area contributed by atoms with E-state index in [9.17, 15) is 4.79 Å². The van der Waals surface area contributed by atoms with Crippen molar-refractivity contribution in [1.29, 1.82) is 0 Å². The molecule has 2 aromatic rings. The lowest BCUT2D eigenvalue weighted by molar-refractivity contribution is -0.117. The molecule has 4 rings (SSSR count). The van der Waals surface area contributed by atoms with Crippen molar-refractivity contribution in [3.05, 3.63) is 42.5 Å². The smallest absolute Gasteiger partial charge is 0.224 e. The lowest BCUT2D eigenvalue weighted by atomic mass is 9.86. The van der Waals surface area contributed by atoms with E-state index in [1.54, 1.807) is 0 Å². The average Bonchev–Trinajstić information content (AvgIpc) is 3.10. The molecule has 2 bridgehead atoms. The molecular formula is C19H21NO. The van der Waals surface area contributed by atoms with Crippen molar-refractivity contribution in [3.8, 4) is 0 Å². The van der Waals surface area contributed by atoms with E-state index < -0.39 is 0 Å². The average molecular weight is 279 g/mol. The summed E-state index contributed by atoms with van der Waals surface area (Å²) in [5.74, 6) is 2.53. The highest BCUT2D eigenvalue weighted by Gasteiger charge is 2.40. The van der Waals surface area contributed by atoms with Gasteiger partial charge in [0.15, 0.2) is 0 Å². The van der Waals surface area contributed by atoms with Crippen LogP contribution in [-0.2, 0) is 4.79 Å². The van der Waals surface area contributed by atoms with E-state index in [0.29, 0.717) is 12.3 Å². The Balaban J connectivity index is 1.48. The van der Waals surface area contributed by atoms with Gasteiger partial charge >= 0.3 is 0 Å². The zero-order chi connectivity index (χ0) is 14.2. The zero-order valence-corrected chi connectivity index (χ0v) is 12.2. The topological polar surface area (TPSA) is 29.1 Å². The molecule has 21 heavy (non-hydrogen) atoms. The van der Waals surface area contributed by atoms with Crippen molar-refractivity contribution < 1.29 is 4.79 Å². The van der Waals surface area contributed by atoms with Gasteiger partial charge < -0.3 is 5.32 Å². The molecule has 3 atom stereocenters. The molecule has 2 saturated carbocycles. The van der Waals surface area contributed by atoms with Gasteiger partial charge in [-0.2, -0.15) is 0 Å². The van der Waals surface area contributed by atoms with Crippen LogP contribution in [0.4, 0.5) is 5.69 Å². The van der Waals surface area contributed by atoms with E-state index in [1.807, 2.05) is 24.3 Å². The van der Waals surface area contributed by atoms with Crippen LogP contribution in [-0.4, -0.2) is 5.91 Å². The molecular weight excluding hydrogens is 258 g/mol. The van der Waals surface area contributed by atoms with Gasteiger partial charge in [-0.25, -0.2) is 0 Å². The molecule has 0 aromatic heterocycles. The van der Waals surface area contributed by atoms with Crippen molar-refractivity contribution in [2.45, 2.75) is 32.1 Å². The molecule has 2 nitrogen and oxygen atoms in total. The van der Waals surface area contributed by atoms with Crippen LogP contribution in [0.2, 0.25) is 0 Å². The van der Waals surface area contributed by atoms with Gasteiger partial charge in [0.05, 0.1) is 0 Å². The third-order valence-corrected chi connectivity index (χ3v) is 5.40. The largest absolute Gasteiger partial charge is 0.326 e. The van der Waals surface area contributed by atoms with E-state index in [1.165, 1.54) is 31.1 Å². The number of rotatable bonds is 3. The van der Waals surface area contributed by atoms with Crippen molar-refractivity contribution in [2.75, 3.05) is 5.32 Å². The predicted molar refractivity (Wildman–Crippen MR) is 86.1 cm³/mol. The van der Waals surface area contributed by atoms with Crippen LogP contribution in [0.3, 0.4) is 0 Å². The number of benzene rings is 2. The fraction of sp³-hybridized carbons (Fsp3) is 0.421. The van der Waals surface area contributed by atoms with E-state index in [4.69, 9.17) is 0 Å². The fourth-order valence-electron chi connectivity index (χ4n) is 4.40. The SMILES string of the molecule is O=C(C[C@@H]1C[C@H]2CC[C@@H]1C2)Nc1cccc2ccccc12. The first kappa shape index (κ1) is 12.9. The second kappa shape index (κ2) is 5.18. The minimum Gasteiger partial charge on any atom is -0.326 e. The van der Waals surface area contributed by atoms with Gasteiger partial charge in [-0.1, -0.05) is 42.8 Å². The number of amides is 1. The van der Waals surface area contributed by atoms with Gasteiger partial charge in [0.25, 0.3) is 0 Å². The maximum atomic E-state index is 12.4. The first-order valence-corrected chi connectivity index (χ1v) is 8.07. The van der Waals surface area contributed by atoms with E-state index in [-0.39, 0.29) is 5.91 Å². The van der Waals surface area contributed by atoms with Crippen LogP contribution in [0.25, 0.3) is 10.8 Å². The molecule has 2 aromatic carbocycles. The van der Waals surface area contributed by atoms with Crippen molar-refractivity contribution in [1.82, 2.24) is 0 Å². The molecule has 2 heteroatoms. The number of nitrogens with one attached hydrogen (secondary N) is 1. The van der Waals surface area contributed by atoms with Gasteiger partial charge in [-0.3, -0.25) is 4.79 Å². The fourth-order valence-corrected chi connectivity index (χ4v) is 4.40. The summed E-state index contributed by atoms with van der Waals surface area (Å²) in [7, 11) is 0. The van der Waals surface area contributed by atoms with Crippen LogP contribution < -0.4 is 5.32 Å². The van der Waals surface area contributed by atoms with Gasteiger partial charge in [0.1, 0.15) is 0 Å². The van der Waals surface area contributed by atoms with E-state index >= 15 is 0 Å². The summed E-state index contributed by atoms with van der Waals surface area (Å²) in [4.78, 5) is 12.4. The Kier molecular flexibility index (Phi) is 3.17. The molecule has 2 aliphatic rings. The Morgan fingerprint density at radius 2 is 1.90 bits per heavy atom. The second-order valence-corrected chi connectivity index (χ2v) is 6.71. The summed E-state index contributed by atoms with van der Waals surface area (Å²) in [6.45, 7) is 0. The highest BCUT2D eigenvalue weighted by Crippen LogP contribution is 2.49. The summed E-state index contributed by atoms with van der Waals surface area (Å²) in [6, 6.07) is 14.3. The van der Waals surface area contributed by atoms with Crippen molar-refractivity contribution in [3.63, 3.8) is 0 Å². The predicted octanol–water partition coefficient (Wildman–Crippen LogP) is 4.60. The van der Waals surface area contributed by atoms with Crippen LogP contribution in [0, 0.1) is 17.8 Å². The summed E-state index contributed by atoms with van der Waals surface area (Å²) >= 11 is 0. The second-order valence-electron chi connectivity index (χ2n) is 6.71. The summed E-state index contributed by atoms with van der Waals surface area (Å²) < 4.78 is 0. The van der Waals surface area contributed by atoms with E-state index in [0.717, 1.165) is 22.9 Å². The molecule has 2 fully saturated rings. The molecule has 0 heterocycles. The Morgan fingerprint density at radius 1 is 1.05 bits per heavy atom. The molecule has 0 radical (unpaired) electrons. The maximum absolute atomic E-state index is 12.4. The summed E-state index contributed by atoms with van der Waals surface area (Å²) in [6.07, 6.45) is 6.08.